The lowest BCUT2D eigenvalue weighted by Gasteiger charge is -2.20. The molecule has 18 heavy (non-hydrogen) atoms. The van der Waals surface area contributed by atoms with Crippen molar-refractivity contribution in [3.63, 3.8) is 0 Å². The molecule has 0 aliphatic heterocycles. The number of hydrogen-bond acceptors (Lipinski definition) is 4. The quantitative estimate of drug-likeness (QED) is 0.661. The molecule has 1 aromatic heterocycles. The molecule has 1 heterocycles. The van der Waals surface area contributed by atoms with Crippen LogP contribution in [0.1, 0.15) is 32.1 Å². The summed E-state index contributed by atoms with van der Waals surface area (Å²) in [6.07, 6.45) is 8.36. The van der Waals surface area contributed by atoms with Crippen LogP contribution in [0.2, 0.25) is 0 Å². The molecule has 1 aliphatic rings. The number of hydrogen-bond donors (Lipinski definition) is 1. The van der Waals surface area contributed by atoms with E-state index in [4.69, 9.17) is 5.73 Å². The van der Waals surface area contributed by atoms with Crippen molar-refractivity contribution in [2.75, 3.05) is 5.73 Å². The maximum atomic E-state index is 5.79. The Morgan fingerprint density at radius 3 is 2.78 bits per heavy atom. The van der Waals surface area contributed by atoms with Crippen LogP contribution in [0.15, 0.2) is 29.6 Å². The third kappa shape index (κ3) is 2.43. The molecule has 94 valence electrons. The summed E-state index contributed by atoms with van der Waals surface area (Å²) in [6.45, 7) is 0. The summed E-state index contributed by atoms with van der Waals surface area (Å²) in [4.78, 5) is 8.73. The standard InChI is InChI=1S/C14H17N3S/c15-10-6-7-12-13(8-10)16-9-17-14(12)18-11-4-2-1-3-5-11/h6-9,11H,1-5,15H2. The van der Waals surface area contributed by atoms with Crippen LogP contribution in [0.3, 0.4) is 0 Å². The number of rotatable bonds is 2. The predicted molar refractivity (Wildman–Crippen MR) is 76.7 cm³/mol. The monoisotopic (exact) mass is 259 g/mol. The summed E-state index contributed by atoms with van der Waals surface area (Å²) in [7, 11) is 0. The van der Waals surface area contributed by atoms with E-state index in [1.807, 2.05) is 30.0 Å². The first-order valence-electron chi connectivity index (χ1n) is 6.50. The molecule has 0 saturated heterocycles. The summed E-state index contributed by atoms with van der Waals surface area (Å²) < 4.78 is 0. The lowest BCUT2D eigenvalue weighted by Crippen LogP contribution is -2.08. The molecular formula is C14H17N3S. The highest BCUT2D eigenvalue weighted by Gasteiger charge is 2.16. The number of nitrogen functional groups attached to an aromatic ring is 1. The van der Waals surface area contributed by atoms with Crippen LogP contribution in [-0.4, -0.2) is 15.2 Å². The Bertz CT molecular complexity index is 550. The van der Waals surface area contributed by atoms with Gasteiger partial charge in [0.2, 0.25) is 0 Å². The number of anilines is 1. The topological polar surface area (TPSA) is 51.8 Å². The molecule has 0 spiro atoms. The van der Waals surface area contributed by atoms with Gasteiger partial charge in [-0.2, -0.15) is 0 Å². The van der Waals surface area contributed by atoms with Crippen molar-refractivity contribution in [3.05, 3.63) is 24.5 Å². The summed E-state index contributed by atoms with van der Waals surface area (Å²) in [5.41, 5.74) is 7.50. The van der Waals surface area contributed by atoms with Crippen molar-refractivity contribution in [1.29, 1.82) is 0 Å². The van der Waals surface area contributed by atoms with Crippen LogP contribution in [0, 0.1) is 0 Å². The van der Waals surface area contributed by atoms with Crippen LogP contribution in [0.5, 0.6) is 0 Å². The Morgan fingerprint density at radius 2 is 1.94 bits per heavy atom. The number of nitrogens with zero attached hydrogens (tertiary/aromatic N) is 2. The van der Waals surface area contributed by atoms with Gasteiger partial charge in [0.1, 0.15) is 11.4 Å². The van der Waals surface area contributed by atoms with Gasteiger partial charge in [-0.3, -0.25) is 0 Å². The van der Waals surface area contributed by atoms with Crippen molar-refractivity contribution in [3.8, 4) is 0 Å². The van der Waals surface area contributed by atoms with Crippen molar-refractivity contribution >= 4 is 28.4 Å². The summed E-state index contributed by atoms with van der Waals surface area (Å²) in [6, 6.07) is 5.88. The van der Waals surface area contributed by atoms with Gasteiger partial charge in [-0.25, -0.2) is 9.97 Å². The third-order valence-corrected chi connectivity index (χ3v) is 4.81. The highest BCUT2D eigenvalue weighted by Crippen LogP contribution is 2.35. The molecule has 2 aromatic rings. The molecule has 1 aromatic carbocycles. The number of thioether (sulfide) groups is 1. The SMILES string of the molecule is Nc1ccc2c(SC3CCCCC3)ncnc2c1. The van der Waals surface area contributed by atoms with Gasteiger partial charge >= 0.3 is 0 Å². The molecule has 1 saturated carbocycles. The van der Waals surface area contributed by atoms with Gasteiger partial charge in [0.05, 0.1) is 5.52 Å². The van der Waals surface area contributed by atoms with E-state index in [9.17, 15) is 0 Å². The zero-order chi connectivity index (χ0) is 12.4. The third-order valence-electron chi connectivity index (χ3n) is 3.45. The molecule has 2 N–H and O–H groups in total. The van der Waals surface area contributed by atoms with Crippen molar-refractivity contribution in [2.24, 2.45) is 0 Å². The van der Waals surface area contributed by atoms with Gasteiger partial charge in [0.25, 0.3) is 0 Å². The van der Waals surface area contributed by atoms with Crippen LogP contribution in [-0.2, 0) is 0 Å². The average molecular weight is 259 g/mol. The van der Waals surface area contributed by atoms with Gasteiger partial charge in [-0.05, 0) is 31.0 Å². The van der Waals surface area contributed by atoms with Crippen LogP contribution in [0.25, 0.3) is 10.9 Å². The second-order valence-corrected chi connectivity index (χ2v) is 6.12. The Kier molecular flexibility index (Phi) is 3.37. The molecule has 3 nitrogen and oxygen atoms in total. The first kappa shape index (κ1) is 11.8. The minimum absolute atomic E-state index is 0.717. The zero-order valence-corrected chi connectivity index (χ0v) is 11.1. The second-order valence-electron chi connectivity index (χ2n) is 4.83. The van der Waals surface area contributed by atoms with Gasteiger partial charge in [-0.15, -0.1) is 11.8 Å². The highest BCUT2D eigenvalue weighted by molar-refractivity contribution is 8.00. The van der Waals surface area contributed by atoms with Crippen LogP contribution < -0.4 is 5.73 Å². The van der Waals surface area contributed by atoms with E-state index in [0.29, 0.717) is 0 Å². The number of aromatic nitrogens is 2. The van der Waals surface area contributed by atoms with Gasteiger partial charge in [0.15, 0.2) is 0 Å². The van der Waals surface area contributed by atoms with Crippen molar-refractivity contribution < 1.29 is 0 Å². The Hall–Kier alpha value is -1.29. The average Bonchev–Trinajstić information content (AvgIpc) is 2.40. The number of fused-ring (bicyclic) bond motifs is 1. The maximum Gasteiger partial charge on any atom is 0.117 e. The molecule has 3 rings (SSSR count). The van der Waals surface area contributed by atoms with Gasteiger partial charge < -0.3 is 5.73 Å². The fourth-order valence-electron chi connectivity index (χ4n) is 2.48. The molecule has 4 heteroatoms. The van der Waals surface area contributed by atoms with E-state index in [-0.39, 0.29) is 0 Å². The van der Waals surface area contributed by atoms with E-state index in [1.165, 1.54) is 32.1 Å². The fourth-order valence-corrected chi connectivity index (χ4v) is 3.78. The number of nitrogens with two attached hydrogens (primary N) is 1. The lowest BCUT2D eigenvalue weighted by atomic mass is 10.0. The van der Waals surface area contributed by atoms with E-state index in [2.05, 4.69) is 9.97 Å². The normalized spacial score (nSPS) is 17.1. The molecule has 1 fully saturated rings. The molecule has 1 aliphatic carbocycles. The Labute approximate surface area is 111 Å². The van der Waals surface area contributed by atoms with Crippen molar-refractivity contribution in [1.82, 2.24) is 9.97 Å². The first-order chi connectivity index (χ1) is 8.83. The van der Waals surface area contributed by atoms with Crippen LogP contribution in [0.4, 0.5) is 5.69 Å². The summed E-state index contributed by atoms with van der Waals surface area (Å²) in [5.74, 6) is 0. The minimum Gasteiger partial charge on any atom is -0.399 e. The second kappa shape index (κ2) is 5.14. The molecule has 0 amide bonds. The fraction of sp³-hybridized carbons (Fsp3) is 0.429. The highest BCUT2D eigenvalue weighted by atomic mass is 32.2. The van der Waals surface area contributed by atoms with E-state index >= 15 is 0 Å². The van der Waals surface area contributed by atoms with E-state index in [1.54, 1.807) is 6.33 Å². The predicted octanol–water partition coefficient (Wildman–Crippen LogP) is 3.64. The zero-order valence-electron chi connectivity index (χ0n) is 10.3. The molecule has 0 atom stereocenters. The molecule has 0 radical (unpaired) electrons. The smallest absolute Gasteiger partial charge is 0.117 e. The number of benzene rings is 1. The van der Waals surface area contributed by atoms with Gasteiger partial charge in [0, 0.05) is 16.3 Å². The molecule has 0 bridgehead atoms. The minimum atomic E-state index is 0.717. The van der Waals surface area contributed by atoms with Crippen LogP contribution >= 0.6 is 11.8 Å². The van der Waals surface area contributed by atoms with E-state index < -0.39 is 0 Å². The molecule has 0 unspecified atom stereocenters. The lowest BCUT2D eigenvalue weighted by molar-refractivity contribution is 0.516. The Balaban J connectivity index is 1.91. The summed E-state index contributed by atoms with van der Waals surface area (Å²) in [5, 5.41) is 2.95. The van der Waals surface area contributed by atoms with E-state index in [0.717, 1.165) is 26.9 Å². The summed E-state index contributed by atoms with van der Waals surface area (Å²) >= 11 is 1.91. The maximum absolute atomic E-state index is 5.79. The molecular weight excluding hydrogens is 242 g/mol. The largest absolute Gasteiger partial charge is 0.399 e. The van der Waals surface area contributed by atoms with Gasteiger partial charge in [-0.1, -0.05) is 19.3 Å². The first-order valence-corrected chi connectivity index (χ1v) is 7.38. The van der Waals surface area contributed by atoms with Crippen molar-refractivity contribution in [2.45, 2.75) is 42.4 Å². The Morgan fingerprint density at radius 1 is 1.11 bits per heavy atom.